The number of aromatic nitrogens is 2. The number of aryl methyl sites for hydroxylation is 2. The number of amides is 1. The topological polar surface area (TPSA) is 65.4 Å². The minimum Gasteiger partial charge on any atom is -0.497 e. The minimum atomic E-state index is -0.00468. The molecule has 0 fully saturated rings. The standard InChI is InChI=1S/C29H31N3O3/c1-4-26-25(18-19-28(33)30-20-22-11-6-5-7-12-22)29(35-27-13-9-8-10-21(27)2)32(31-26)23-14-16-24(34-3)17-15-23/h5-17H,4,18-20H2,1-3H3,(H,30,33). The van der Waals surface area contributed by atoms with Gasteiger partial charge in [-0.05, 0) is 61.2 Å². The van der Waals surface area contributed by atoms with Crippen molar-refractivity contribution in [2.75, 3.05) is 7.11 Å². The van der Waals surface area contributed by atoms with Crippen LogP contribution in [0.15, 0.2) is 78.9 Å². The van der Waals surface area contributed by atoms with Gasteiger partial charge in [0.2, 0.25) is 11.8 Å². The second kappa shape index (κ2) is 11.4. The quantitative estimate of drug-likeness (QED) is 0.319. The van der Waals surface area contributed by atoms with Crippen LogP contribution in [0.25, 0.3) is 5.69 Å². The van der Waals surface area contributed by atoms with Crippen molar-refractivity contribution in [3.8, 4) is 23.1 Å². The van der Waals surface area contributed by atoms with Crippen molar-refractivity contribution in [1.29, 1.82) is 0 Å². The molecule has 0 unspecified atom stereocenters. The Balaban J connectivity index is 1.61. The SMILES string of the molecule is CCc1nn(-c2ccc(OC)cc2)c(Oc2ccccc2C)c1CCC(=O)NCc1ccccc1. The monoisotopic (exact) mass is 469 g/mol. The minimum absolute atomic E-state index is 0.00468. The van der Waals surface area contributed by atoms with Gasteiger partial charge in [-0.3, -0.25) is 4.79 Å². The van der Waals surface area contributed by atoms with Crippen LogP contribution in [0, 0.1) is 6.92 Å². The van der Waals surface area contributed by atoms with Gasteiger partial charge in [-0.2, -0.15) is 5.10 Å². The van der Waals surface area contributed by atoms with E-state index in [9.17, 15) is 4.79 Å². The van der Waals surface area contributed by atoms with Gasteiger partial charge < -0.3 is 14.8 Å². The fourth-order valence-corrected chi connectivity index (χ4v) is 3.91. The maximum atomic E-state index is 12.7. The molecule has 180 valence electrons. The first-order valence-corrected chi connectivity index (χ1v) is 11.9. The third kappa shape index (κ3) is 5.90. The van der Waals surface area contributed by atoms with Gasteiger partial charge in [0.15, 0.2) is 0 Å². The zero-order valence-electron chi connectivity index (χ0n) is 20.5. The summed E-state index contributed by atoms with van der Waals surface area (Å²) in [4.78, 5) is 12.7. The van der Waals surface area contributed by atoms with Crippen LogP contribution in [-0.4, -0.2) is 22.8 Å². The van der Waals surface area contributed by atoms with E-state index < -0.39 is 0 Å². The van der Waals surface area contributed by atoms with Gasteiger partial charge in [-0.15, -0.1) is 0 Å². The van der Waals surface area contributed by atoms with E-state index in [4.69, 9.17) is 14.6 Å². The number of hydrogen-bond acceptors (Lipinski definition) is 4. The van der Waals surface area contributed by atoms with E-state index in [1.54, 1.807) is 7.11 Å². The van der Waals surface area contributed by atoms with E-state index in [2.05, 4.69) is 12.2 Å². The highest BCUT2D eigenvalue weighted by Gasteiger charge is 2.21. The summed E-state index contributed by atoms with van der Waals surface area (Å²) < 4.78 is 13.6. The molecule has 0 aliphatic rings. The molecule has 6 nitrogen and oxygen atoms in total. The second-order valence-corrected chi connectivity index (χ2v) is 8.32. The van der Waals surface area contributed by atoms with Crippen LogP contribution in [0.1, 0.15) is 35.7 Å². The Labute approximate surface area is 206 Å². The van der Waals surface area contributed by atoms with Crippen LogP contribution in [-0.2, 0) is 24.2 Å². The Bertz CT molecular complexity index is 1260. The molecule has 35 heavy (non-hydrogen) atoms. The molecule has 0 aliphatic carbocycles. The van der Waals surface area contributed by atoms with E-state index >= 15 is 0 Å². The molecule has 0 saturated carbocycles. The van der Waals surface area contributed by atoms with Gasteiger partial charge in [-0.25, -0.2) is 4.68 Å². The largest absolute Gasteiger partial charge is 0.497 e. The lowest BCUT2D eigenvalue weighted by Crippen LogP contribution is -2.23. The average Bonchev–Trinajstić information content (AvgIpc) is 3.25. The van der Waals surface area contributed by atoms with Crippen LogP contribution in [0.5, 0.6) is 17.4 Å². The Hall–Kier alpha value is -4.06. The smallest absolute Gasteiger partial charge is 0.226 e. The van der Waals surface area contributed by atoms with Crippen LogP contribution < -0.4 is 14.8 Å². The Morgan fingerprint density at radius 2 is 1.69 bits per heavy atom. The molecule has 4 rings (SSSR count). The van der Waals surface area contributed by atoms with Crippen molar-refractivity contribution < 1.29 is 14.3 Å². The number of rotatable bonds is 10. The van der Waals surface area contributed by atoms with Crippen LogP contribution in [0.3, 0.4) is 0 Å². The van der Waals surface area contributed by atoms with Gasteiger partial charge in [0.05, 0.1) is 18.5 Å². The number of methoxy groups -OCH3 is 1. The number of para-hydroxylation sites is 1. The molecule has 1 heterocycles. The van der Waals surface area contributed by atoms with Crippen molar-refractivity contribution in [2.45, 2.75) is 39.7 Å². The first kappa shape index (κ1) is 24.1. The van der Waals surface area contributed by atoms with E-state index in [0.29, 0.717) is 25.3 Å². The van der Waals surface area contributed by atoms with Crippen LogP contribution in [0.2, 0.25) is 0 Å². The Kier molecular flexibility index (Phi) is 7.83. The predicted octanol–water partition coefficient (Wildman–Crippen LogP) is 5.79. The number of hydrogen-bond donors (Lipinski definition) is 1. The van der Waals surface area contributed by atoms with Gasteiger partial charge >= 0.3 is 0 Å². The summed E-state index contributed by atoms with van der Waals surface area (Å²) in [5.74, 6) is 2.17. The third-order valence-electron chi connectivity index (χ3n) is 5.91. The summed E-state index contributed by atoms with van der Waals surface area (Å²) in [6.07, 6.45) is 1.60. The highest BCUT2D eigenvalue weighted by molar-refractivity contribution is 5.76. The zero-order chi connectivity index (χ0) is 24.6. The molecular formula is C29H31N3O3. The number of carbonyl (C=O) groups is 1. The highest BCUT2D eigenvalue weighted by atomic mass is 16.5. The van der Waals surface area contributed by atoms with Gasteiger partial charge in [0, 0.05) is 18.5 Å². The molecule has 0 spiro atoms. The lowest BCUT2D eigenvalue weighted by Gasteiger charge is -2.13. The fourth-order valence-electron chi connectivity index (χ4n) is 3.91. The fraction of sp³-hybridized carbons (Fsp3) is 0.241. The van der Waals surface area contributed by atoms with Gasteiger partial charge in [-0.1, -0.05) is 55.5 Å². The van der Waals surface area contributed by atoms with Gasteiger partial charge in [0.1, 0.15) is 11.5 Å². The summed E-state index contributed by atoms with van der Waals surface area (Å²) in [6, 6.07) is 25.5. The van der Waals surface area contributed by atoms with Gasteiger partial charge in [0.25, 0.3) is 0 Å². The third-order valence-corrected chi connectivity index (χ3v) is 5.91. The summed E-state index contributed by atoms with van der Waals surface area (Å²) in [6.45, 7) is 4.59. The van der Waals surface area contributed by atoms with Crippen LogP contribution >= 0.6 is 0 Å². The van der Waals surface area contributed by atoms with Crippen molar-refractivity contribution in [2.24, 2.45) is 0 Å². The maximum Gasteiger partial charge on any atom is 0.226 e. The number of nitrogens with one attached hydrogen (secondary N) is 1. The van der Waals surface area contributed by atoms with E-state index in [1.807, 2.05) is 90.5 Å². The molecule has 0 aliphatic heterocycles. The van der Waals surface area contributed by atoms with E-state index in [-0.39, 0.29) is 5.91 Å². The van der Waals surface area contributed by atoms with Crippen molar-refractivity contribution >= 4 is 5.91 Å². The number of nitrogens with zero attached hydrogens (tertiary/aromatic N) is 2. The first-order chi connectivity index (χ1) is 17.1. The lowest BCUT2D eigenvalue weighted by molar-refractivity contribution is -0.121. The van der Waals surface area contributed by atoms with Crippen LogP contribution in [0.4, 0.5) is 0 Å². The lowest BCUT2D eigenvalue weighted by atomic mass is 10.1. The molecule has 0 saturated heterocycles. The molecule has 3 aromatic carbocycles. The number of ether oxygens (including phenoxy) is 2. The molecule has 0 bridgehead atoms. The highest BCUT2D eigenvalue weighted by Crippen LogP contribution is 2.33. The average molecular weight is 470 g/mol. The second-order valence-electron chi connectivity index (χ2n) is 8.32. The van der Waals surface area contributed by atoms with Crippen molar-refractivity contribution in [1.82, 2.24) is 15.1 Å². The Morgan fingerprint density at radius 1 is 0.971 bits per heavy atom. The molecule has 0 radical (unpaired) electrons. The summed E-state index contributed by atoms with van der Waals surface area (Å²) >= 11 is 0. The number of benzene rings is 3. The maximum absolute atomic E-state index is 12.7. The molecule has 1 N–H and O–H groups in total. The molecule has 6 heteroatoms. The number of carbonyl (C=O) groups excluding carboxylic acids is 1. The first-order valence-electron chi connectivity index (χ1n) is 11.9. The predicted molar refractivity (Wildman–Crippen MR) is 137 cm³/mol. The summed E-state index contributed by atoms with van der Waals surface area (Å²) in [5, 5.41) is 7.89. The molecule has 1 amide bonds. The molecule has 1 aromatic heterocycles. The zero-order valence-corrected chi connectivity index (χ0v) is 20.5. The summed E-state index contributed by atoms with van der Waals surface area (Å²) in [7, 11) is 1.64. The molecule has 0 atom stereocenters. The van der Waals surface area contributed by atoms with E-state index in [0.717, 1.165) is 46.0 Å². The molecular weight excluding hydrogens is 438 g/mol. The van der Waals surface area contributed by atoms with Crippen molar-refractivity contribution in [3.63, 3.8) is 0 Å². The Morgan fingerprint density at radius 3 is 2.37 bits per heavy atom. The normalized spacial score (nSPS) is 10.7. The summed E-state index contributed by atoms with van der Waals surface area (Å²) in [5.41, 5.74) is 4.83. The van der Waals surface area contributed by atoms with Crippen molar-refractivity contribution in [3.05, 3.63) is 101 Å². The molecule has 4 aromatic rings. The van der Waals surface area contributed by atoms with E-state index in [1.165, 1.54) is 0 Å².